The largest absolute Gasteiger partial charge is 0.324 e. The quantitative estimate of drug-likeness (QED) is 0.519. The van der Waals surface area contributed by atoms with Gasteiger partial charge in [-0.1, -0.05) is 42.5 Å². The highest BCUT2D eigenvalue weighted by atomic mass is 16.2. The number of H-pyrrole nitrogens is 1. The summed E-state index contributed by atoms with van der Waals surface area (Å²) < 4.78 is 1.80. The Balaban J connectivity index is 1.56. The van der Waals surface area contributed by atoms with Crippen LogP contribution in [0.15, 0.2) is 73.3 Å². The summed E-state index contributed by atoms with van der Waals surface area (Å²) in [6.45, 7) is 0. The van der Waals surface area contributed by atoms with Crippen molar-refractivity contribution in [1.82, 2.24) is 19.7 Å². The maximum Gasteiger partial charge on any atom is 0.253 e. The van der Waals surface area contributed by atoms with Gasteiger partial charge in [-0.05, 0) is 17.7 Å². The van der Waals surface area contributed by atoms with Gasteiger partial charge in [0.05, 0.1) is 17.7 Å². The molecule has 1 aliphatic rings. The SMILES string of the molecule is O=C(Nc1ccccc1)C(c1[nH]nc2c1Cc1ccccc1-2)n1ccnc1. The van der Waals surface area contributed by atoms with Crippen molar-refractivity contribution < 1.29 is 4.79 Å². The Bertz CT molecular complexity index is 1100. The van der Waals surface area contributed by atoms with Gasteiger partial charge < -0.3 is 9.88 Å². The third-order valence-electron chi connectivity index (χ3n) is 4.92. The number of amides is 1. The number of para-hydroxylation sites is 1. The molecule has 27 heavy (non-hydrogen) atoms. The van der Waals surface area contributed by atoms with Crippen molar-refractivity contribution in [3.05, 3.63) is 90.1 Å². The number of rotatable bonds is 4. The fourth-order valence-corrected chi connectivity index (χ4v) is 3.67. The fourth-order valence-electron chi connectivity index (χ4n) is 3.67. The molecular formula is C21H17N5O. The van der Waals surface area contributed by atoms with E-state index in [1.165, 1.54) is 5.56 Å². The highest BCUT2D eigenvalue weighted by Crippen LogP contribution is 2.39. The molecule has 1 atom stereocenters. The summed E-state index contributed by atoms with van der Waals surface area (Å²) in [5.41, 5.74) is 5.91. The number of aromatic nitrogens is 4. The molecule has 0 fully saturated rings. The Labute approximate surface area is 155 Å². The first kappa shape index (κ1) is 15.6. The van der Waals surface area contributed by atoms with Gasteiger partial charge in [0.25, 0.3) is 5.91 Å². The molecule has 1 aliphatic carbocycles. The van der Waals surface area contributed by atoms with Crippen LogP contribution in [-0.2, 0) is 11.2 Å². The normalized spacial score (nSPS) is 13.0. The Hall–Kier alpha value is -3.67. The minimum atomic E-state index is -0.571. The van der Waals surface area contributed by atoms with Crippen LogP contribution in [0.25, 0.3) is 11.3 Å². The van der Waals surface area contributed by atoms with Gasteiger partial charge in [0.1, 0.15) is 0 Å². The van der Waals surface area contributed by atoms with Crippen LogP contribution in [0.1, 0.15) is 22.9 Å². The lowest BCUT2D eigenvalue weighted by Gasteiger charge is -2.18. The number of fused-ring (bicyclic) bond motifs is 3. The smallest absolute Gasteiger partial charge is 0.253 e. The van der Waals surface area contributed by atoms with E-state index < -0.39 is 6.04 Å². The molecule has 2 aromatic heterocycles. The average molecular weight is 355 g/mol. The molecular weight excluding hydrogens is 338 g/mol. The van der Waals surface area contributed by atoms with E-state index in [1.807, 2.05) is 42.5 Å². The second kappa shape index (κ2) is 6.25. The highest BCUT2D eigenvalue weighted by Gasteiger charge is 2.32. The second-order valence-electron chi connectivity index (χ2n) is 6.57. The molecule has 0 radical (unpaired) electrons. The minimum absolute atomic E-state index is 0.137. The number of nitrogens with one attached hydrogen (secondary N) is 2. The van der Waals surface area contributed by atoms with Crippen molar-refractivity contribution in [3.63, 3.8) is 0 Å². The molecule has 0 saturated heterocycles. The predicted molar refractivity (Wildman–Crippen MR) is 102 cm³/mol. The van der Waals surface area contributed by atoms with Crippen LogP contribution in [0.2, 0.25) is 0 Å². The Morgan fingerprint density at radius 3 is 2.74 bits per heavy atom. The summed E-state index contributed by atoms with van der Waals surface area (Å²) in [6.07, 6.45) is 5.89. The molecule has 1 amide bonds. The molecule has 6 nitrogen and oxygen atoms in total. The molecule has 2 N–H and O–H groups in total. The van der Waals surface area contributed by atoms with Gasteiger partial charge in [0.15, 0.2) is 6.04 Å². The lowest BCUT2D eigenvalue weighted by molar-refractivity contribution is -0.118. The van der Waals surface area contributed by atoms with Crippen molar-refractivity contribution in [2.24, 2.45) is 0 Å². The molecule has 1 unspecified atom stereocenters. The highest BCUT2D eigenvalue weighted by molar-refractivity contribution is 5.96. The van der Waals surface area contributed by atoms with E-state index in [-0.39, 0.29) is 5.91 Å². The average Bonchev–Trinajstić information content (AvgIpc) is 3.41. The van der Waals surface area contributed by atoms with Crippen molar-refractivity contribution in [1.29, 1.82) is 0 Å². The molecule has 0 spiro atoms. The van der Waals surface area contributed by atoms with E-state index in [2.05, 4.69) is 32.6 Å². The van der Waals surface area contributed by atoms with Gasteiger partial charge in [-0.2, -0.15) is 5.10 Å². The molecule has 132 valence electrons. The van der Waals surface area contributed by atoms with Crippen molar-refractivity contribution >= 4 is 11.6 Å². The van der Waals surface area contributed by atoms with Crippen LogP contribution in [0, 0.1) is 0 Å². The van der Waals surface area contributed by atoms with Crippen LogP contribution < -0.4 is 5.32 Å². The zero-order valence-electron chi connectivity index (χ0n) is 14.5. The number of carbonyl (C=O) groups is 1. The molecule has 4 aromatic rings. The van der Waals surface area contributed by atoms with Gasteiger partial charge in [-0.15, -0.1) is 0 Å². The standard InChI is InChI=1S/C21H17N5O/c27-21(23-15-7-2-1-3-8-15)20(26-11-10-22-13-26)19-17-12-14-6-4-5-9-16(14)18(17)24-25-19/h1-11,13,20H,12H2,(H,23,27)(H,24,25). The van der Waals surface area contributed by atoms with E-state index in [9.17, 15) is 4.79 Å². The van der Waals surface area contributed by atoms with Gasteiger partial charge in [0, 0.05) is 35.6 Å². The first-order valence-corrected chi connectivity index (χ1v) is 8.80. The zero-order valence-corrected chi connectivity index (χ0v) is 14.5. The Morgan fingerprint density at radius 2 is 1.93 bits per heavy atom. The van der Waals surface area contributed by atoms with E-state index in [0.29, 0.717) is 0 Å². The number of hydrogen-bond acceptors (Lipinski definition) is 3. The maximum absolute atomic E-state index is 13.2. The first-order valence-electron chi connectivity index (χ1n) is 8.80. The summed E-state index contributed by atoms with van der Waals surface area (Å²) in [4.78, 5) is 17.3. The zero-order chi connectivity index (χ0) is 18.2. The first-order chi connectivity index (χ1) is 13.3. The van der Waals surface area contributed by atoms with Crippen LogP contribution in [0.3, 0.4) is 0 Å². The lowest BCUT2D eigenvalue weighted by Crippen LogP contribution is -2.27. The van der Waals surface area contributed by atoms with Gasteiger partial charge in [-0.25, -0.2) is 4.98 Å². The number of benzene rings is 2. The van der Waals surface area contributed by atoms with Crippen LogP contribution in [0.4, 0.5) is 5.69 Å². The monoisotopic (exact) mass is 355 g/mol. The second-order valence-corrected chi connectivity index (χ2v) is 6.57. The van der Waals surface area contributed by atoms with E-state index in [0.717, 1.165) is 34.6 Å². The van der Waals surface area contributed by atoms with E-state index >= 15 is 0 Å². The summed E-state index contributed by atoms with van der Waals surface area (Å²) in [5.74, 6) is -0.137. The molecule has 2 aromatic carbocycles. The van der Waals surface area contributed by atoms with Crippen LogP contribution >= 0.6 is 0 Å². The lowest BCUT2D eigenvalue weighted by atomic mass is 10.1. The van der Waals surface area contributed by atoms with Gasteiger partial charge in [-0.3, -0.25) is 9.89 Å². The maximum atomic E-state index is 13.2. The van der Waals surface area contributed by atoms with Crippen LogP contribution in [0.5, 0.6) is 0 Å². The number of nitrogens with zero attached hydrogens (tertiary/aromatic N) is 3. The summed E-state index contributed by atoms with van der Waals surface area (Å²) in [5, 5.41) is 10.6. The molecule has 0 saturated carbocycles. The molecule has 0 aliphatic heterocycles. The summed E-state index contributed by atoms with van der Waals surface area (Å²) in [6, 6.07) is 17.1. The predicted octanol–water partition coefficient (Wildman–Crippen LogP) is 3.41. The van der Waals surface area contributed by atoms with Crippen molar-refractivity contribution in [3.8, 4) is 11.3 Å². The number of carbonyl (C=O) groups excluding carboxylic acids is 1. The van der Waals surface area contributed by atoms with Crippen molar-refractivity contribution in [2.75, 3.05) is 5.32 Å². The molecule has 5 rings (SSSR count). The molecule has 2 heterocycles. The Morgan fingerprint density at radius 1 is 1.11 bits per heavy atom. The van der Waals surface area contributed by atoms with Crippen LogP contribution in [-0.4, -0.2) is 25.7 Å². The fraction of sp³-hybridized carbons (Fsp3) is 0.0952. The summed E-state index contributed by atoms with van der Waals surface area (Å²) >= 11 is 0. The topological polar surface area (TPSA) is 75.6 Å². The molecule has 0 bridgehead atoms. The van der Waals surface area contributed by atoms with Gasteiger partial charge >= 0.3 is 0 Å². The number of hydrogen-bond donors (Lipinski definition) is 2. The van der Waals surface area contributed by atoms with E-state index in [4.69, 9.17) is 0 Å². The number of anilines is 1. The van der Waals surface area contributed by atoms with E-state index in [1.54, 1.807) is 23.3 Å². The number of aromatic amines is 1. The van der Waals surface area contributed by atoms with Gasteiger partial charge in [0.2, 0.25) is 0 Å². The number of imidazole rings is 1. The third kappa shape index (κ3) is 2.62. The van der Waals surface area contributed by atoms with Crippen molar-refractivity contribution in [2.45, 2.75) is 12.5 Å². The summed E-state index contributed by atoms with van der Waals surface area (Å²) in [7, 11) is 0. The third-order valence-corrected chi connectivity index (χ3v) is 4.92. The molecule has 6 heteroatoms. The Kier molecular flexibility index (Phi) is 3.60. The minimum Gasteiger partial charge on any atom is -0.324 e.